The van der Waals surface area contributed by atoms with Crippen molar-refractivity contribution in [2.45, 2.75) is 32.6 Å². The predicted octanol–water partition coefficient (Wildman–Crippen LogP) is 6.00. The first-order valence-corrected chi connectivity index (χ1v) is 13.0. The zero-order chi connectivity index (χ0) is 27.7. The molecular formula is C29H26BrN5O4. The van der Waals surface area contributed by atoms with Crippen molar-refractivity contribution in [3.63, 3.8) is 0 Å². The number of amides is 2. The fraction of sp³-hybridized carbons (Fsp3) is 0.172. The molecule has 4 N–H and O–H groups in total. The Labute approximate surface area is 232 Å². The number of anilines is 2. The van der Waals surface area contributed by atoms with E-state index in [9.17, 15) is 14.4 Å². The first-order chi connectivity index (χ1) is 18.6. The van der Waals surface area contributed by atoms with Gasteiger partial charge in [-0.2, -0.15) is 0 Å². The molecule has 2 heterocycles. The van der Waals surface area contributed by atoms with Gasteiger partial charge >= 0.3 is 5.76 Å². The predicted molar refractivity (Wildman–Crippen MR) is 154 cm³/mol. The third-order valence-corrected chi connectivity index (χ3v) is 6.78. The SMILES string of the molecule is CC(C)(C)c1ccc(CC(=O)Nc2cccc3cc(C(=O)Nc4ccc(Br)cc4-c4noc(=O)[nH]4)[nH]c23)cc1. The summed E-state index contributed by atoms with van der Waals surface area (Å²) in [5.41, 5.74) is 4.58. The van der Waals surface area contributed by atoms with E-state index in [0.29, 0.717) is 28.1 Å². The summed E-state index contributed by atoms with van der Waals surface area (Å²) in [4.78, 5) is 43.1. The molecule has 39 heavy (non-hydrogen) atoms. The lowest BCUT2D eigenvalue weighted by Gasteiger charge is -2.19. The number of H-pyrrole nitrogens is 2. The Morgan fingerprint density at radius 1 is 0.949 bits per heavy atom. The van der Waals surface area contributed by atoms with Crippen molar-refractivity contribution >= 4 is 50.0 Å². The summed E-state index contributed by atoms with van der Waals surface area (Å²) >= 11 is 3.39. The van der Waals surface area contributed by atoms with Gasteiger partial charge in [0.25, 0.3) is 5.91 Å². The van der Waals surface area contributed by atoms with Crippen LogP contribution < -0.4 is 16.4 Å². The number of aromatic amines is 2. The van der Waals surface area contributed by atoms with Crippen LogP contribution >= 0.6 is 15.9 Å². The monoisotopic (exact) mass is 587 g/mol. The molecule has 0 aliphatic carbocycles. The van der Waals surface area contributed by atoms with Gasteiger partial charge in [0, 0.05) is 15.4 Å². The largest absolute Gasteiger partial charge is 0.439 e. The number of nitrogens with one attached hydrogen (secondary N) is 4. The molecule has 0 saturated heterocycles. The Morgan fingerprint density at radius 3 is 2.41 bits per heavy atom. The van der Waals surface area contributed by atoms with Gasteiger partial charge < -0.3 is 15.6 Å². The number of nitrogens with zero attached hydrogens (tertiary/aromatic N) is 1. The molecule has 0 atom stereocenters. The molecule has 10 heteroatoms. The van der Waals surface area contributed by atoms with E-state index in [2.05, 4.69) is 79.1 Å². The van der Waals surface area contributed by atoms with Gasteiger partial charge in [0.15, 0.2) is 5.82 Å². The van der Waals surface area contributed by atoms with Crippen LogP contribution in [0.1, 0.15) is 42.4 Å². The molecule has 0 aliphatic rings. The molecule has 2 amide bonds. The molecule has 0 unspecified atom stereocenters. The Kier molecular flexibility index (Phi) is 6.96. The quantitative estimate of drug-likeness (QED) is 0.193. The number of halogens is 1. The number of carbonyl (C=O) groups is 2. The van der Waals surface area contributed by atoms with E-state index >= 15 is 0 Å². The van der Waals surface area contributed by atoms with Crippen LogP contribution in [0.4, 0.5) is 11.4 Å². The highest BCUT2D eigenvalue weighted by Gasteiger charge is 2.18. The lowest BCUT2D eigenvalue weighted by molar-refractivity contribution is -0.115. The van der Waals surface area contributed by atoms with Crippen molar-refractivity contribution < 1.29 is 14.1 Å². The van der Waals surface area contributed by atoms with Gasteiger partial charge in [-0.05, 0) is 46.9 Å². The summed E-state index contributed by atoms with van der Waals surface area (Å²) in [6.45, 7) is 6.45. The standard InChI is InChI=1S/C29H26BrN5O4/c1-29(2,3)18-9-7-16(8-10-18)13-24(36)31-22-6-4-5-17-14-23(32-25(17)22)27(37)33-21-12-11-19(30)15-20(21)26-34-28(38)39-35-26/h4-12,14-15,32H,13H2,1-3H3,(H,31,36)(H,33,37)(H,34,35,38). The topological polar surface area (TPSA) is 133 Å². The Hall–Kier alpha value is -4.44. The number of rotatable bonds is 6. The summed E-state index contributed by atoms with van der Waals surface area (Å²) in [6, 6.07) is 20.4. The number of hydrogen-bond acceptors (Lipinski definition) is 5. The highest BCUT2D eigenvalue weighted by atomic mass is 79.9. The summed E-state index contributed by atoms with van der Waals surface area (Å²) in [7, 11) is 0. The third-order valence-electron chi connectivity index (χ3n) is 6.28. The Morgan fingerprint density at radius 2 is 1.72 bits per heavy atom. The molecule has 0 bridgehead atoms. The molecule has 198 valence electrons. The molecule has 9 nitrogen and oxygen atoms in total. The van der Waals surface area contributed by atoms with Crippen LogP contribution in [0.5, 0.6) is 0 Å². The number of fused-ring (bicyclic) bond motifs is 1. The second-order valence-electron chi connectivity index (χ2n) is 10.2. The van der Waals surface area contributed by atoms with Gasteiger partial charge in [0.2, 0.25) is 5.91 Å². The van der Waals surface area contributed by atoms with Crippen LogP contribution in [0.2, 0.25) is 0 Å². The van der Waals surface area contributed by atoms with E-state index < -0.39 is 11.7 Å². The molecule has 5 aromatic rings. The molecule has 3 aromatic carbocycles. The van der Waals surface area contributed by atoms with Crippen molar-refractivity contribution in [2.75, 3.05) is 10.6 Å². The highest BCUT2D eigenvalue weighted by molar-refractivity contribution is 9.10. The molecule has 2 aromatic heterocycles. The number of para-hydroxylation sites is 1. The van der Waals surface area contributed by atoms with E-state index in [1.54, 1.807) is 30.3 Å². The lowest BCUT2D eigenvalue weighted by Crippen LogP contribution is -2.15. The second kappa shape index (κ2) is 10.4. The third kappa shape index (κ3) is 5.85. The lowest BCUT2D eigenvalue weighted by atomic mass is 9.86. The smallest absolute Gasteiger partial charge is 0.349 e. The molecule has 0 aliphatic heterocycles. The molecule has 0 saturated carbocycles. The van der Waals surface area contributed by atoms with E-state index in [-0.39, 0.29) is 23.6 Å². The van der Waals surface area contributed by atoms with Crippen LogP contribution in [0.15, 0.2) is 80.5 Å². The second-order valence-corrected chi connectivity index (χ2v) is 11.1. The van der Waals surface area contributed by atoms with Crippen molar-refractivity contribution in [1.29, 1.82) is 0 Å². The zero-order valence-electron chi connectivity index (χ0n) is 21.5. The van der Waals surface area contributed by atoms with Crippen LogP contribution in [0.3, 0.4) is 0 Å². The van der Waals surface area contributed by atoms with Gasteiger partial charge in [-0.3, -0.25) is 19.1 Å². The number of hydrogen-bond donors (Lipinski definition) is 4. The number of benzene rings is 3. The maximum Gasteiger partial charge on any atom is 0.439 e. The number of aromatic nitrogens is 3. The molecule has 5 rings (SSSR count). The van der Waals surface area contributed by atoms with Crippen LogP contribution in [-0.2, 0) is 16.6 Å². The van der Waals surface area contributed by atoms with Crippen molar-refractivity contribution in [1.82, 2.24) is 15.1 Å². The van der Waals surface area contributed by atoms with E-state index in [1.165, 1.54) is 5.56 Å². The average Bonchev–Trinajstić information content (AvgIpc) is 3.52. The minimum absolute atomic E-state index is 0.0437. The van der Waals surface area contributed by atoms with Gasteiger partial charge in [0.05, 0.1) is 23.3 Å². The van der Waals surface area contributed by atoms with Crippen molar-refractivity contribution in [3.05, 3.63) is 98.6 Å². The summed E-state index contributed by atoms with van der Waals surface area (Å²) < 4.78 is 5.35. The minimum Gasteiger partial charge on any atom is -0.349 e. The summed E-state index contributed by atoms with van der Waals surface area (Å²) in [6.07, 6.45) is 0.228. The normalized spacial score (nSPS) is 11.5. The fourth-order valence-electron chi connectivity index (χ4n) is 4.24. The van der Waals surface area contributed by atoms with Gasteiger partial charge in [0.1, 0.15) is 5.69 Å². The van der Waals surface area contributed by atoms with Gasteiger partial charge in [-0.15, -0.1) is 0 Å². The van der Waals surface area contributed by atoms with Crippen LogP contribution in [-0.4, -0.2) is 26.9 Å². The molecule has 0 radical (unpaired) electrons. The molecule has 0 fully saturated rings. The minimum atomic E-state index is -0.700. The first-order valence-electron chi connectivity index (χ1n) is 12.2. The Balaban J connectivity index is 1.34. The van der Waals surface area contributed by atoms with Gasteiger partial charge in [-0.1, -0.05) is 78.3 Å². The summed E-state index contributed by atoms with van der Waals surface area (Å²) in [5.74, 6) is -1.08. The van der Waals surface area contributed by atoms with E-state index in [0.717, 1.165) is 15.4 Å². The molecular weight excluding hydrogens is 562 g/mol. The maximum absolute atomic E-state index is 13.2. The van der Waals surface area contributed by atoms with Gasteiger partial charge in [-0.25, -0.2) is 4.79 Å². The van der Waals surface area contributed by atoms with E-state index in [4.69, 9.17) is 0 Å². The average molecular weight is 588 g/mol. The fourth-order valence-corrected chi connectivity index (χ4v) is 4.60. The molecule has 0 spiro atoms. The van der Waals surface area contributed by atoms with Crippen LogP contribution in [0.25, 0.3) is 22.3 Å². The zero-order valence-corrected chi connectivity index (χ0v) is 23.1. The van der Waals surface area contributed by atoms with Crippen molar-refractivity contribution in [2.24, 2.45) is 0 Å². The summed E-state index contributed by atoms with van der Waals surface area (Å²) in [5, 5.41) is 10.3. The highest BCUT2D eigenvalue weighted by Crippen LogP contribution is 2.30. The number of carbonyl (C=O) groups excluding carboxylic acids is 2. The van der Waals surface area contributed by atoms with Crippen LogP contribution in [0, 0.1) is 0 Å². The van der Waals surface area contributed by atoms with Crippen molar-refractivity contribution in [3.8, 4) is 11.4 Å². The maximum atomic E-state index is 13.2. The first kappa shape index (κ1) is 26.2. The van der Waals surface area contributed by atoms with E-state index in [1.807, 2.05) is 24.3 Å². The Bertz CT molecular complexity index is 1740.